The molecule has 1 aromatic carbocycles. The van der Waals surface area contributed by atoms with Crippen molar-refractivity contribution in [3.05, 3.63) is 34.9 Å². The fourth-order valence-corrected chi connectivity index (χ4v) is 3.04. The summed E-state index contributed by atoms with van der Waals surface area (Å²) in [4.78, 5) is 33.0. The molecule has 0 spiro atoms. The molecular weight excluding hydrogens is 330 g/mol. The van der Waals surface area contributed by atoms with Crippen molar-refractivity contribution < 1.29 is 34.1 Å². The van der Waals surface area contributed by atoms with Gasteiger partial charge in [0.15, 0.2) is 0 Å². The lowest BCUT2D eigenvalue weighted by atomic mass is 9.79. The van der Waals surface area contributed by atoms with Crippen molar-refractivity contribution in [2.45, 2.75) is 25.9 Å². The number of aliphatic hydroxyl groups excluding tert-OH is 1. The number of hydrogen-bond donors (Lipinski definition) is 3. The standard InChI is InChI=1S/C15H19NO5.C2H4O2/c1-20-13(18)10-5-3-4-9-11(10)8-15(6-7-16,12(9)17)14(19)21-2;1-2(3)4/h3-5,12,17H,6-8,16H2,1-2H3;1H3,(H,3,4). The number of rotatable bonds is 4. The van der Waals surface area contributed by atoms with Crippen LogP contribution in [0.1, 0.15) is 40.9 Å². The van der Waals surface area contributed by atoms with E-state index in [9.17, 15) is 14.7 Å². The SMILES string of the molecule is CC(=O)O.COC(=O)c1cccc2c1CC(CCN)(C(=O)OC)C2O. The molecule has 0 radical (unpaired) electrons. The molecule has 0 heterocycles. The van der Waals surface area contributed by atoms with E-state index in [1.165, 1.54) is 14.2 Å². The summed E-state index contributed by atoms with van der Waals surface area (Å²) in [6.45, 7) is 1.31. The lowest BCUT2D eigenvalue weighted by molar-refractivity contribution is -0.160. The quantitative estimate of drug-likeness (QED) is 0.672. The van der Waals surface area contributed by atoms with Crippen molar-refractivity contribution in [1.29, 1.82) is 0 Å². The number of esters is 2. The normalized spacial score (nSPS) is 20.8. The van der Waals surface area contributed by atoms with Crippen molar-refractivity contribution in [3.63, 3.8) is 0 Å². The van der Waals surface area contributed by atoms with Crippen LogP contribution in [0, 0.1) is 5.41 Å². The summed E-state index contributed by atoms with van der Waals surface area (Å²) in [6, 6.07) is 4.98. The van der Waals surface area contributed by atoms with E-state index >= 15 is 0 Å². The molecule has 4 N–H and O–H groups in total. The highest BCUT2D eigenvalue weighted by molar-refractivity contribution is 5.92. The number of fused-ring (bicyclic) bond motifs is 1. The van der Waals surface area contributed by atoms with E-state index in [1.807, 2.05) is 0 Å². The molecule has 25 heavy (non-hydrogen) atoms. The smallest absolute Gasteiger partial charge is 0.338 e. The van der Waals surface area contributed by atoms with Gasteiger partial charge in [0.2, 0.25) is 0 Å². The number of nitrogens with two attached hydrogens (primary N) is 1. The van der Waals surface area contributed by atoms with Gasteiger partial charge in [-0.15, -0.1) is 0 Å². The number of carboxylic acids is 1. The van der Waals surface area contributed by atoms with Gasteiger partial charge in [-0.3, -0.25) is 9.59 Å². The molecular formula is C17H23NO7. The van der Waals surface area contributed by atoms with Gasteiger partial charge < -0.3 is 25.4 Å². The topological polar surface area (TPSA) is 136 Å². The third-order valence-electron chi connectivity index (χ3n) is 4.11. The van der Waals surface area contributed by atoms with Gasteiger partial charge in [0.1, 0.15) is 5.41 Å². The largest absolute Gasteiger partial charge is 0.481 e. The summed E-state index contributed by atoms with van der Waals surface area (Å²) in [5.74, 6) is -1.85. The maximum atomic E-state index is 12.2. The van der Waals surface area contributed by atoms with E-state index in [2.05, 4.69) is 0 Å². The van der Waals surface area contributed by atoms with Crippen molar-refractivity contribution >= 4 is 17.9 Å². The van der Waals surface area contributed by atoms with Gasteiger partial charge in [0.25, 0.3) is 5.97 Å². The second-order valence-corrected chi connectivity index (χ2v) is 5.65. The van der Waals surface area contributed by atoms with Gasteiger partial charge in [-0.2, -0.15) is 0 Å². The molecule has 1 aromatic rings. The average molecular weight is 353 g/mol. The summed E-state index contributed by atoms with van der Waals surface area (Å²) in [5.41, 5.74) is 5.99. The molecule has 0 amide bonds. The minimum atomic E-state index is -1.14. The summed E-state index contributed by atoms with van der Waals surface area (Å²) < 4.78 is 9.60. The zero-order valence-electron chi connectivity index (χ0n) is 14.4. The number of hydrogen-bond acceptors (Lipinski definition) is 7. The molecule has 0 bridgehead atoms. The van der Waals surface area contributed by atoms with E-state index in [1.54, 1.807) is 18.2 Å². The number of carbonyl (C=O) groups is 3. The Morgan fingerprint density at radius 3 is 2.36 bits per heavy atom. The summed E-state index contributed by atoms with van der Waals surface area (Å²) >= 11 is 0. The molecule has 8 nitrogen and oxygen atoms in total. The molecule has 0 fully saturated rings. The maximum Gasteiger partial charge on any atom is 0.338 e. The Balaban J connectivity index is 0.000000705. The van der Waals surface area contributed by atoms with Gasteiger partial charge in [-0.05, 0) is 36.6 Å². The van der Waals surface area contributed by atoms with E-state index in [4.69, 9.17) is 25.1 Å². The van der Waals surface area contributed by atoms with E-state index in [0.29, 0.717) is 16.7 Å². The second kappa shape index (κ2) is 8.59. The van der Waals surface area contributed by atoms with Crippen LogP contribution >= 0.6 is 0 Å². The minimum absolute atomic E-state index is 0.207. The highest BCUT2D eigenvalue weighted by Gasteiger charge is 2.52. The van der Waals surface area contributed by atoms with Gasteiger partial charge in [0.05, 0.1) is 25.9 Å². The average Bonchev–Trinajstić information content (AvgIpc) is 2.86. The highest BCUT2D eigenvalue weighted by Crippen LogP contribution is 2.49. The fraction of sp³-hybridized carbons (Fsp3) is 0.471. The van der Waals surface area contributed by atoms with Crippen molar-refractivity contribution in [3.8, 4) is 0 Å². The van der Waals surface area contributed by atoms with E-state index < -0.39 is 29.4 Å². The Labute approximate surface area is 145 Å². The number of carbonyl (C=O) groups excluding carboxylic acids is 2. The Morgan fingerprint density at radius 1 is 1.28 bits per heavy atom. The van der Waals surface area contributed by atoms with Crippen molar-refractivity contribution in [2.24, 2.45) is 11.1 Å². The molecule has 2 rings (SSSR count). The Bertz CT molecular complexity index is 654. The van der Waals surface area contributed by atoms with Crippen LogP contribution in [0.5, 0.6) is 0 Å². The predicted octanol–water partition coefficient (Wildman–Crippen LogP) is 0.662. The lowest BCUT2D eigenvalue weighted by Gasteiger charge is -2.29. The molecule has 0 saturated heterocycles. The maximum absolute atomic E-state index is 12.2. The molecule has 2 unspecified atom stereocenters. The van der Waals surface area contributed by atoms with Gasteiger partial charge in [-0.25, -0.2) is 4.79 Å². The first-order valence-corrected chi connectivity index (χ1v) is 7.61. The van der Waals surface area contributed by atoms with Crippen LogP contribution in [0.3, 0.4) is 0 Å². The fourth-order valence-electron chi connectivity index (χ4n) is 3.04. The third kappa shape index (κ3) is 4.15. The second-order valence-electron chi connectivity index (χ2n) is 5.65. The van der Waals surface area contributed by atoms with Crippen LogP contribution in [-0.4, -0.2) is 48.9 Å². The Morgan fingerprint density at radius 2 is 1.88 bits per heavy atom. The van der Waals surface area contributed by atoms with Crippen LogP contribution in [-0.2, 0) is 25.5 Å². The van der Waals surface area contributed by atoms with Crippen LogP contribution in [0.15, 0.2) is 18.2 Å². The Kier molecular flexibility index (Phi) is 7.08. The van der Waals surface area contributed by atoms with Crippen LogP contribution in [0.25, 0.3) is 0 Å². The first-order valence-electron chi connectivity index (χ1n) is 7.61. The van der Waals surface area contributed by atoms with E-state index in [-0.39, 0.29) is 19.4 Å². The number of carboxylic acid groups (broad SMARTS) is 1. The van der Waals surface area contributed by atoms with Gasteiger partial charge in [0, 0.05) is 6.92 Å². The van der Waals surface area contributed by atoms with Gasteiger partial charge in [-0.1, -0.05) is 12.1 Å². The number of ether oxygens (including phenoxy) is 2. The van der Waals surface area contributed by atoms with Crippen LogP contribution < -0.4 is 5.73 Å². The number of aliphatic hydroxyl groups is 1. The van der Waals surface area contributed by atoms with Crippen LogP contribution in [0.4, 0.5) is 0 Å². The molecule has 1 aliphatic carbocycles. The van der Waals surface area contributed by atoms with Crippen molar-refractivity contribution in [1.82, 2.24) is 0 Å². The molecule has 0 aromatic heterocycles. The summed E-state index contributed by atoms with van der Waals surface area (Å²) in [7, 11) is 2.57. The summed E-state index contributed by atoms with van der Waals surface area (Å²) in [5, 5.41) is 18.0. The zero-order chi connectivity index (χ0) is 19.2. The first kappa shape index (κ1) is 20.6. The number of methoxy groups -OCH3 is 2. The third-order valence-corrected chi connectivity index (χ3v) is 4.11. The molecule has 0 aliphatic heterocycles. The van der Waals surface area contributed by atoms with E-state index in [0.717, 1.165) is 6.92 Å². The van der Waals surface area contributed by atoms with Crippen LogP contribution in [0.2, 0.25) is 0 Å². The molecule has 8 heteroatoms. The summed E-state index contributed by atoms with van der Waals surface area (Å²) in [6.07, 6.45) is -0.567. The number of aliphatic carboxylic acids is 1. The highest BCUT2D eigenvalue weighted by atomic mass is 16.5. The first-order chi connectivity index (χ1) is 11.7. The number of benzene rings is 1. The molecule has 138 valence electrons. The lowest BCUT2D eigenvalue weighted by Crippen LogP contribution is -2.38. The molecule has 1 aliphatic rings. The molecule has 2 atom stereocenters. The monoisotopic (exact) mass is 353 g/mol. The molecule has 0 saturated carbocycles. The van der Waals surface area contributed by atoms with Gasteiger partial charge >= 0.3 is 11.9 Å². The predicted molar refractivity (Wildman–Crippen MR) is 87.9 cm³/mol. The zero-order valence-corrected chi connectivity index (χ0v) is 14.4. The minimum Gasteiger partial charge on any atom is -0.481 e. The Hall–Kier alpha value is -2.45. The van der Waals surface area contributed by atoms with Crippen molar-refractivity contribution in [2.75, 3.05) is 20.8 Å².